The third-order valence-electron chi connectivity index (χ3n) is 4.78. The molecule has 3 heteroatoms. The normalized spacial score (nSPS) is 35.4. The molecule has 18 heavy (non-hydrogen) atoms. The van der Waals surface area contributed by atoms with Crippen LogP contribution in [0.25, 0.3) is 0 Å². The molecule has 0 amide bonds. The molecule has 3 unspecified atom stereocenters. The van der Waals surface area contributed by atoms with Crippen molar-refractivity contribution >= 4 is 5.78 Å². The molecule has 0 aromatic rings. The third-order valence-corrected chi connectivity index (χ3v) is 4.78. The van der Waals surface area contributed by atoms with E-state index >= 15 is 0 Å². The third kappa shape index (κ3) is 2.06. The summed E-state index contributed by atoms with van der Waals surface area (Å²) >= 11 is 0. The lowest BCUT2D eigenvalue weighted by atomic mass is 9.61. The molecule has 2 aliphatic rings. The summed E-state index contributed by atoms with van der Waals surface area (Å²) in [6.07, 6.45) is 6.17. The lowest BCUT2D eigenvalue weighted by Crippen LogP contribution is -2.43. The maximum atomic E-state index is 11.8. The molecule has 0 bridgehead atoms. The van der Waals surface area contributed by atoms with Crippen LogP contribution in [0.3, 0.4) is 0 Å². The monoisotopic (exact) mass is 250 g/mol. The van der Waals surface area contributed by atoms with E-state index in [-0.39, 0.29) is 23.7 Å². The van der Waals surface area contributed by atoms with Crippen molar-refractivity contribution in [2.24, 2.45) is 11.3 Å². The Morgan fingerprint density at radius 3 is 2.83 bits per heavy atom. The molecule has 0 heterocycles. The first-order valence-corrected chi connectivity index (χ1v) is 6.57. The van der Waals surface area contributed by atoms with Gasteiger partial charge in [-0.1, -0.05) is 18.6 Å². The Balaban J connectivity index is 2.32. The van der Waals surface area contributed by atoms with Crippen LogP contribution in [0.1, 0.15) is 40.0 Å². The summed E-state index contributed by atoms with van der Waals surface area (Å²) in [5.41, 5.74) is 0.859. The molecule has 2 N–H and O–H groups in total. The van der Waals surface area contributed by atoms with Crippen molar-refractivity contribution in [3.05, 3.63) is 23.3 Å². The number of rotatable bonds is 2. The number of fused-ring (bicyclic) bond motifs is 1. The summed E-state index contributed by atoms with van der Waals surface area (Å²) in [6, 6.07) is 0. The predicted octanol–water partition coefficient (Wildman–Crippen LogP) is 1.99. The highest BCUT2D eigenvalue weighted by atomic mass is 16.3. The van der Waals surface area contributed by atoms with Gasteiger partial charge in [0.1, 0.15) is 0 Å². The highest BCUT2D eigenvalue weighted by Gasteiger charge is 2.43. The molecule has 0 spiro atoms. The number of hydrogen-bond donors (Lipinski definition) is 2. The van der Waals surface area contributed by atoms with E-state index in [9.17, 15) is 15.0 Å². The minimum absolute atomic E-state index is 0.0276. The van der Waals surface area contributed by atoms with E-state index < -0.39 is 5.60 Å². The minimum atomic E-state index is -1.06. The fourth-order valence-corrected chi connectivity index (χ4v) is 3.17. The van der Waals surface area contributed by atoms with Crippen LogP contribution in [0, 0.1) is 11.3 Å². The van der Waals surface area contributed by atoms with E-state index in [1.54, 1.807) is 13.0 Å². The van der Waals surface area contributed by atoms with Gasteiger partial charge in [0.25, 0.3) is 0 Å². The highest BCUT2D eigenvalue weighted by Crippen LogP contribution is 2.49. The zero-order chi connectivity index (χ0) is 13.6. The molecule has 0 aromatic heterocycles. The van der Waals surface area contributed by atoms with Crippen molar-refractivity contribution in [3.63, 3.8) is 0 Å². The Labute approximate surface area is 108 Å². The lowest BCUT2D eigenvalue weighted by Gasteiger charge is -2.44. The van der Waals surface area contributed by atoms with E-state index in [1.807, 2.05) is 13.0 Å². The van der Waals surface area contributed by atoms with Gasteiger partial charge in [-0.05, 0) is 50.7 Å². The van der Waals surface area contributed by atoms with Gasteiger partial charge in [-0.25, -0.2) is 0 Å². The zero-order valence-corrected chi connectivity index (χ0v) is 11.4. The fraction of sp³-hybridized carbons (Fsp3) is 0.667. The number of aliphatic hydroxyl groups is 2. The molecule has 2 rings (SSSR count). The molecule has 0 aliphatic heterocycles. The first-order valence-electron chi connectivity index (χ1n) is 6.57. The molecular formula is C15H22O3. The van der Waals surface area contributed by atoms with Crippen molar-refractivity contribution in [1.82, 2.24) is 0 Å². The number of carbonyl (C=O) groups is 1. The Hall–Kier alpha value is -0.930. The van der Waals surface area contributed by atoms with Crippen LogP contribution >= 0.6 is 0 Å². The molecule has 3 atom stereocenters. The molecule has 0 aromatic carbocycles. The van der Waals surface area contributed by atoms with E-state index in [0.29, 0.717) is 6.42 Å². The standard InChI is InChI=1S/C15H22O3/c1-10-12-8-11(15(3,18)9-16)4-6-14(12,2)7-5-13(10)17/h5,7,11,16,18H,4,6,8-9H2,1-3H3. The fourth-order valence-electron chi connectivity index (χ4n) is 3.17. The van der Waals surface area contributed by atoms with Crippen molar-refractivity contribution in [2.45, 2.75) is 45.6 Å². The smallest absolute Gasteiger partial charge is 0.181 e. The molecule has 2 aliphatic carbocycles. The van der Waals surface area contributed by atoms with E-state index in [1.165, 1.54) is 0 Å². The molecule has 0 radical (unpaired) electrons. The van der Waals surface area contributed by atoms with Crippen LogP contribution in [0.4, 0.5) is 0 Å². The topological polar surface area (TPSA) is 57.5 Å². The van der Waals surface area contributed by atoms with Crippen LogP contribution in [0.2, 0.25) is 0 Å². The van der Waals surface area contributed by atoms with E-state index in [0.717, 1.165) is 24.0 Å². The second-order valence-corrected chi connectivity index (χ2v) is 6.17. The van der Waals surface area contributed by atoms with Crippen LogP contribution in [0.5, 0.6) is 0 Å². The van der Waals surface area contributed by atoms with Crippen molar-refractivity contribution in [2.75, 3.05) is 6.61 Å². The second kappa shape index (κ2) is 4.32. The number of hydrogen-bond acceptors (Lipinski definition) is 3. The van der Waals surface area contributed by atoms with Crippen LogP contribution in [-0.2, 0) is 4.79 Å². The van der Waals surface area contributed by atoms with Gasteiger partial charge in [0.2, 0.25) is 0 Å². The zero-order valence-electron chi connectivity index (χ0n) is 11.4. The first kappa shape index (κ1) is 13.5. The van der Waals surface area contributed by atoms with E-state index in [2.05, 4.69) is 6.92 Å². The first-order chi connectivity index (χ1) is 8.30. The Kier molecular flexibility index (Phi) is 3.24. The quantitative estimate of drug-likeness (QED) is 0.788. The van der Waals surface area contributed by atoms with Gasteiger partial charge in [-0.2, -0.15) is 0 Å². The summed E-state index contributed by atoms with van der Waals surface area (Å²) in [6.45, 7) is 5.47. The van der Waals surface area contributed by atoms with Gasteiger partial charge >= 0.3 is 0 Å². The van der Waals surface area contributed by atoms with Gasteiger partial charge in [0.05, 0.1) is 12.2 Å². The molecule has 3 nitrogen and oxygen atoms in total. The van der Waals surface area contributed by atoms with Crippen LogP contribution < -0.4 is 0 Å². The largest absolute Gasteiger partial charge is 0.393 e. The molecule has 1 saturated carbocycles. The summed E-state index contributed by atoms with van der Waals surface area (Å²) in [5, 5.41) is 19.5. The Bertz CT molecular complexity index is 431. The molecule has 100 valence electrons. The lowest BCUT2D eigenvalue weighted by molar-refractivity contribution is -0.111. The van der Waals surface area contributed by atoms with Crippen molar-refractivity contribution in [1.29, 1.82) is 0 Å². The van der Waals surface area contributed by atoms with Gasteiger partial charge in [0.15, 0.2) is 5.78 Å². The Morgan fingerprint density at radius 1 is 1.56 bits per heavy atom. The molecular weight excluding hydrogens is 228 g/mol. The molecule has 1 fully saturated rings. The maximum Gasteiger partial charge on any atom is 0.181 e. The summed E-state index contributed by atoms with van der Waals surface area (Å²) in [7, 11) is 0. The molecule has 0 saturated heterocycles. The second-order valence-electron chi connectivity index (χ2n) is 6.17. The summed E-state index contributed by atoms with van der Waals surface area (Å²) in [5.74, 6) is 0.103. The van der Waals surface area contributed by atoms with Gasteiger partial charge in [0, 0.05) is 5.41 Å². The predicted molar refractivity (Wildman–Crippen MR) is 70.0 cm³/mol. The number of aliphatic hydroxyl groups excluding tert-OH is 1. The van der Waals surface area contributed by atoms with Crippen LogP contribution in [0.15, 0.2) is 23.3 Å². The number of allylic oxidation sites excluding steroid dienone is 4. The number of carbonyl (C=O) groups excluding carboxylic acids is 1. The Morgan fingerprint density at radius 2 is 2.22 bits per heavy atom. The van der Waals surface area contributed by atoms with Gasteiger partial charge in [-0.3, -0.25) is 4.79 Å². The summed E-state index contributed by atoms with van der Waals surface area (Å²) < 4.78 is 0. The van der Waals surface area contributed by atoms with Crippen molar-refractivity contribution in [3.8, 4) is 0 Å². The van der Waals surface area contributed by atoms with Gasteiger partial charge in [-0.15, -0.1) is 0 Å². The summed E-state index contributed by atoms with van der Waals surface area (Å²) in [4.78, 5) is 11.8. The highest BCUT2D eigenvalue weighted by molar-refractivity contribution is 6.05. The average Bonchev–Trinajstić information content (AvgIpc) is 2.34. The maximum absolute atomic E-state index is 11.8. The van der Waals surface area contributed by atoms with E-state index in [4.69, 9.17) is 0 Å². The van der Waals surface area contributed by atoms with Gasteiger partial charge < -0.3 is 10.2 Å². The van der Waals surface area contributed by atoms with Crippen LogP contribution in [-0.4, -0.2) is 28.2 Å². The van der Waals surface area contributed by atoms with Crippen molar-refractivity contribution < 1.29 is 15.0 Å². The SMILES string of the molecule is CC1=C2CC(C(C)(O)CO)CCC2(C)C=CC1=O. The average molecular weight is 250 g/mol. The number of ketones is 1. The minimum Gasteiger partial charge on any atom is -0.393 e.